The number of hydrogen-bond donors (Lipinski definition) is 0. The molecule has 0 bridgehead atoms. The van der Waals surface area contributed by atoms with Gasteiger partial charge < -0.3 is 14.2 Å². The Hall–Kier alpha value is -5.22. The molecule has 0 unspecified atom stereocenters. The molecule has 324 valence electrons. The first-order valence-electron chi connectivity index (χ1n) is 24.2. The molecule has 0 N–H and O–H groups in total. The minimum atomic E-state index is 0.0550. The first-order chi connectivity index (χ1) is 30.0. The Bertz CT molecular complexity index is 3220. The van der Waals surface area contributed by atoms with Crippen molar-refractivity contribution in [2.75, 3.05) is 9.80 Å². The van der Waals surface area contributed by atoms with E-state index in [-0.39, 0.29) is 39.2 Å². The largest absolute Gasteiger partial charge is 0.456 e. The fourth-order valence-corrected chi connectivity index (χ4v) is 14.4. The van der Waals surface area contributed by atoms with Crippen LogP contribution in [0.3, 0.4) is 0 Å². The van der Waals surface area contributed by atoms with Gasteiger partial charge in [-0.15, -0.1) is 0 Å². The Balaban J connectivity index is 1.22. The van der Waals surface area contributed by atoms with E-state index in [1.54, 1.807) is 0 Å². The van der Waals surface area contributed by atoms with Gasteiger partial charge >= 0.3 is 0 Å². The van der Waals surface area contributed by atoms with Gasteiger partial charge in [0.1, 0.15) is 11.2 Å². The van der Waals surface area contributed by atoms with Gasteiger partial charge in [0.2, 0.25) is 0 Å². The van der Waals surface area contributed by atoms with Crippen molar-refractivity contribution in [2.45, 2.75) is 155 Å². The molecule has 0 amide bonds. The highest BCUT2D eigenvalue weighted by atomic mass is 16.3. The monoisotopic (exact) mass is 841 g/mol. The molecule has 3 nitrogen and oxygen atoms in total. The number of fused-ring (bicyclic) bond motifs is 10. The summed E-state index contributed by atoms with van der Waals surface area (Å²) in [6.07, 6.45) is 4.63. The second-order valence-electron chi connectivity index (χ2n) is 24.9. The van der Waals surface area contributed by atoms with Crippen LogP contribution in [-0.4, -0.2) is 6.71 Å². The summed E-state index contributed by atoms with van der Waals surface area (Å²) in [5, 5.41) is 2.32. The molecule has 0 radical (unpaired) electrons. The van der Waals surface area contributed by atoms with E-state index in [0.717, 1.165) is 34.8 Å². The SMILES string of the molecule is Cc1cc2c3c(c1)N(c1cc4c(cc1C)C(C)(C)CC4(C)C)c1cc4c(cc1B3c1cc3c(cc1N2c1ccc2oc5ccccc5c2c1)C(C)(C)CCC3(C)C)C(C)(C)CC4(C)C. The molecule has 4 heteroatoms. The molecule has 12 rings (SSSR count). The van der Waals surface area contributed by atoms with Gasteiger partial charge in [-0.25, -0.2) is 0 Å². The van der Waals surface area contributed by atoms with E-state index in [2.05, 4.69) is 198 Å². The lowest BCUT2D eigenvalue weighted by molar-refractivity contribution is 0.332. The quantitative estimate of drug-likeness (QED) is 0.162. The average Bonchev–Trinajstić information content (AvgIpc) is 3.73. The third kappa shape index (κ3) is 5.35. The van der Waals surface area contributed by atoms with E-state index < -0.39 is 0 Å². The molecule has 3 heterocycles. The van der Waals surface area contributed by atoms with Gasteiger partial charge in [0.15, 0.2) is 0 Å². The maximum Gasteiger partial charge on any atom is 0.252 e. The fourth-order valence-electron chi connectivity index (χ4n) is 14.4. The van der Waals surface area contributed by atoms with E-state index in [9.17, 15) is 0 Å². The number of aryl methyl sites for hydroxylation is 2. The van der Waals surface area contributed by atoms with Gasteiger partial charge in [0.05, 0.1) is 0 Å². The highest BCUT2D eigenvalue weighted by Gasteiger charge is 2.50. The summed E-state index contributed by atoms with van der Waals surface area (Å²) in [5.41, 5.74) is 25.9. The Morgan fingerprint density at radius 1 is 0.438 bits per heavy atom. The number of rotatable bonds is 2. The van der Waals surface area contributed by atoms with Gasteiger partial charge in [-0.05, 0) is 188 Å². The summed E-state index contributed by atoms with van der Waals surface area (Å²) in [6.45, 7) is 34.4. The second-order valence-corrected chi connectivity index (χ2v) is 24.9. The molecule has 3 aliphatic carbocycles. The van der Waals surface area contributed by atoms with Crippen LogP contribution in [0.2, 0.25) is 0 Å². The third-order valence-electron chi connectivity index (χ3n) is 17.2. The molecule has 64 heavy (non-hydrogen) atoms. The summed E-state index contributed by atoms with van der Waals surface area (Å²) in [4.78, 5) is 5.36. The number of para-hydroxylation sites is 1. The number of benzene rings is 6. The second kappa shape index (κ2) is 12.4. The van der Waals surface area contributed by atoms with Gasteiger partial charge in [-0.3, -0.25) is 0 Å². The standard InChI is InChI=1S/C60H65BN2O/c1-34-23-50-54-51(24-34)63(47-29-43-39(25-35(47)2)57(7,8)32-59(43,11)12)49-31-44-41(58(9,10)33-60(44,13)14)28-46(49)61(54)45-27-40-42(56(5,6)22-21-55(40,3)4)30-48(45)62(50)36-19-20-53-38(26-36)37-17-15-16-18-52(37)64-53/h15-20,23-31H,21-22,32-33H2,1-14H3. The van der Waals surface area contributed by atoms with E-state index in [4.69, 9.17) is 4.42 Å². The zero-order valence-corrected chi connectivity index (χ0v) is 40.9. The van der Waals surface area contributed by atoms with Gasteiger partial charge in [-0.1, -0.05) is 119 Å². The predicted octanol–water partition coefficient (Wildman–Crippen LogP) is 14.6. The minimum absolute atomic E-state index is 0.0550. The molecule has 0 fully saturated rings. The highest BCUT2D eigenvalue weighted by Crippen LogP contribution is 2.56. The molecule has 1 aromatic heterocycles. The summed E-state index contributed by atoms with van der Waals surface area (Å²) < 4.78 is 6.46. The Morgan fingerprint density at radius 2 is 0.906 bits per heavy atom. The van der Waals surface area contributed by atoms with Crippen LogP contribution < -0.4 is 26.2 Å². The van der Waals surface area contributed by atoms with E-state index in [1.165, 1.54) is 108 Å². The lowest BCUT2D eigenvalue weighted by Crippen LogP contribution is -2.62. The van der Waals surface area contributed by atoms with E-state index in [1.807, 2.05) is 0 Å². The molecule has 0 spiro atoms. The van der Waals surface area contributed by atoms with Crippen molar-refractivity contribution in [3.63, 3.8) is 0 Å². The van der Waals surface area contributed by atoms with E-state index >= 15 is 0 Å². The van der Waals surface area contributed by atoms with Gasteiger partial charge in [0.25, 0.3) is 6.71 Å². The Labute approximate surface area is 382 Å². The van der Waals surface area contributed by atoms with Crippen LogP contribution in [0.25, 0.3) is 21.9 Å². The summed E-state index contributed by atoms with van der Waals surface area (Å²) in [7, 11) is 0. The molecule has 0 saturated heterocycles. The molecular formula is C60H65BN2O. The van der Waals surface area contributed by atoms with Gasteiger partial charge in [0, 0.05) is 44.9 Å². The van der Waals surface area contributed by atoms with Crippen molar-refractivity contribution in [3.05, 3.63) is 136 Å². The Kier molecular flexibility index (Phi) is 7.78. The fraction of sp³-hybridized carbons (Fsp3) is 0.400. The minimum Gasteiger partial charge on any atom is -0.456 e. The van der Waals surface area contributed by atoms with Crippen LogP contribution in [0.5, 0.6) is 0 Å². The molecule has 0 saturated carbocycles. The van der Waals surface area contributed by atoms with Crippen LogP contribution in [0, 0.1) is 13.8 Å². The number of nitrogens with zero attached hydrogens (tertiary/aromatic N) is 2. The number of anilines is 6. The molecule has 6 aromatic carbocycles. The zero-order chi connectivity index (χ0) is 45.0. The average molecular weight is 841 g/mol. The molecule has 7 aromatic rings. The number of hydrogen-bond acceptors (Lipinski definition) is 3. The van der Waals surface area contributed by atoms with Crippen LogP contribution in [0.4, 0.5) is 34.1 Å². The molecular weight excluding hydrogens is 775 g/mol. The first-order valence-corrected chi connectivity index (χ1v) is 24.2. The molecule has 0 atom stereocenters. The van der Waals surface area contributed by atoms with Crippen molar-refractivity contribution < 1.29 is 4.42 Å². The normalized spacial score (nSPS) is 20.8. The maximum absolute atomic E-state index is 6.46. The highest BCUT2D eigenvalue weighted by molar-refractivity contribution is 7.00. The number of furan rings is 1. The van der Waals surface area contributed by atoms with Gasteiger partial charge in [-0.2, -0.15) is 0 Å². The predicted molar refractivity (Wildman–Crippen MR) is 274 cm³/mol. The third-order valence-corrected chi connectivity index (χ3v) is 17.2. The lowest BCUT2D eigenvalue weighted by Gasteiger charge is -2.48. The van der Waals surface area contributed by atoms with Crippen LogP contribution in [0.1, 0.15) is 153 Å². The topological polar surface area (TPSA) is 19.6 Å². The summed E-state index contributed by atoms with van der Waals surface area (Å²) >= 11 is 0. The van der Waals surface area contributed by atoms with Crippen molar-refractivity contribution in [3.8, 4) is 0 Å². The zero-order valence-electron chi connectivity index (χ0n) is 40.9. The van der Waals surface area contributed by atoms with Crippen molar-refractivity contribution >= 4 is 79.2 Å². The first kappa shape index (κ1) is 40.3. The maximum atomic E-state index is 6.46. The summed E-state index contributed by atoms with van der Waals surface area (Å²) in [5.74, 6) is 0. The van der Waals surface area contributed by atoms with Crippen LogP contribution in [0.15, 0.2) is 95.4 Å². The van der Waals surface area contributed by atoms with Crippen LogP contribution >= 0.6 is 0 Å². The summed E-state index contributed by atoms with van der Waals surface area (Å²) in [6, 6.07) is 36.2. The van der Waals surface area contributed by atoms with Crippen molar-refractivity contribution in [1.29, 1.82) is 0 Å². The molecule has 2 aliphatic heterocycles. The van der Waals surface area contributed by atoms with Crippen molar-refractivity contribution in [1.82, 2.24) is 0 Å². The Morgan fingerprint density at radius 3 is 1.52 bits per heavy atom. The lowest BCUT2D eigenvalue weighted by atomic mass is 9.33. The molecule has 5 aliphatic rings. The van der Waals surface area contributed by atoms with E-state index in [0.29, 0.717) is 0 Å². The van der Waals surface area contributed by atoms with Crippen molar-refractivity contribution in [2.24, 2.45) is 0 Å². The van der Waals surface area contributed by atoms with Crippen LogP contribution in [-0.2, 0) is 32.5 Å². The smallest absolute Gasteiger partial charge is 0.252 e.